The monoisotopic (exact) mass is 375 g/mol. The fourth-order valence-corrected chi connectivity index (χ4v) is 2.44. The Kier molecular flexibility index (Phi) is 9.64. The minimum Gasteiger partial charge on any atom is -0.445 e. The standard InChI is InChI=1S/C20H29N3O4/c1-4-5-7-12-16(18(21)24)22-19(25)17(14(2)3)23-20(26)27-13-15-10-8-6-9-11-15/h4,6,8-11,14,16-17H,1,5,7,12-13H2,2-3H3,(H2,21,24)(H,22,25)(H,23,26)/t16-,17-/m1/s1. The zero-order valence-electron chi connectivity index (χ0n) is 15.9. The van der Waals surface area contributed by atoms with Gasteiger partial charge in [0.05, 0.1) is 0 Å². The van der Waals surface area contributed by atoms with Gasteiger partial charge in [0.2, 0.25) is 11.8 Å². The summed E-state index contributed by atoms with van der Waals surface area (Å²) in [6.45, 7) is 7.30. The molecule has 0 aliphatic rings. The molecule has 0 aliphatic heterocycles. The zero-order chi connectivity index (χ0) is 20.2. The lowest BCUT2D eigenvalue weighted by Crippen LogP contribution is -2.54. The van der Waals surface area contributed by atoms with Crippen LogP contribution < -0.4 is 16.4 Å². The van der Waals surface area contributed by atoms with Crippen molar-refractivity contribution in [2.45, 2.75) is 51.8 Å². The van der Waals surface area contributed by atoms with E-state index in [1.165, 1.54) is 0 Å². The highest BCUT2D eigenvalue weighted by molar-refractivity contribution is 5.90. The molecule has 27 heavy (non-hydrogen) atoms. The first-order chi connectivity index (χ1) is 12.8. The topological polar surface area (TPSA) is 111 Å². The van der Waals surface area contributed by atoms with Crippen LogP contribution in [-0.4, -0.2) is 30.0 Å². The van der Waals surface area contributed by atoms with Gasteiger partial charge in [0.15, 0.2) is 0 Å². The lowest BCUT2D eigenvalue weighted by molar-refractivity contribution is -0.129. The molecule has 0 saturated heterocycles. The second-order valence-electron chi connectivity index (χ2n) is 6.61. The molecule has 7 heteroatoms. The number of hydrogen-bond donors (Lipinski definition) is 3. The average molecular weight is 375 g/mol. The summed E-state index contributed by atoms with van der Waals surface area (Å²) in [5.74, 6) is -1.28. The molecule has 0 saturated carbocycles. The van der Waals surface area contributed by atoms with Gasteiger partial charge in [-0.25, -0.2) is 4.79 Å². The molecule has 1 aromatic rings. The Morgan fingerprint density at radius 2 is 1.85 bits per heavy atom. The van der Waals surface area contributed by atoms with Crippen molar-refractivity contribution < 1.29 is 19.1 Å². The SMILES string of the molecule is C=CCCC[C@@H](NC(=O)[C@H](NC(=O)OCc1ccccc1)C(C)C)C(N)=O. The lowest BCUT2D eigenvalue weighted by atomic mass is 10.0. The van der Waals surface area contributed by atoms with Gasteiger partial charge in [-0.1, -0.05) is 50.3 Å². The first-order valence-corrected chi connectivity index (χ1v) is 9.03. The van der Waals surface area contributed by atoms with E-state index in [9.17, 15) is 14.4 Å². The third kappa shape index (κ3) is 8.40. The Hall–Kier alpha value is -2.83. The van der Waals surface area contributed by atoms with E-state index >= 15 is 0 Å². The normalized spacial score (nSPS) is 12.7. The minimum atomic E-state index is -0.838. The number of benzene rings is 1. The Labute approximate surface area is 160 Å². The van der Waals surface area contributed by atoms with Gasteiger partial charge in [-0.2, -0.15) is 0 Å². The van der Waals surface area contributed by atoms with Gasteiger partial charge in [0, 0.05) is 0 Å². The van der Waals surface area contributed by atoms with Crippen molar-refractivity contribution in [2.24, 2.45) is 11.7 Å². The molecule has 0 heterocycles. The summed E-state index contributed by atoms with van der Waals surface area (Å²) in [7, 11) is 0. The first kappa shape index (κ1) is 22.2. The number of allylic oxidation sites excluding steroid dienone is 1. The van der Waals surface area contributed by atoms with Gasteiger partial charge in [0.25, 0.3) is 0 Å². The van der Waals surface area contributed by atoms with Crippen LogP contribution in [0.3, 0.4) is 0 Å². The van der Waals surface area contributed by atoms with E-state index < -0.39 is 30.0 Å². The predicted octanol–water partition coefficient (Wildman–Crippen LogP) is 2.26. The largest absolute Gasteiger partial charge is 0.445 e. The summed E-state index contributed by atoms with van der Waals surface area (Å²) in [5, 5.41) is 5.17. The van der Waals surface area contributed by atoms with Crippen LogP contribution in [0.4, 0.5) is 4.79 Å². The van der Waals surface area contributed by atoms with Crippen LogP contribution in [0.5, 0.6) is 0 Å². The summed E-state index contributed by atoms with van der Waals surface area (Å²) in [4.78, 5) is 36.2. The number of nitrogens with two attached hydrogens (primary N) is 1. The summed E-state index contributed by atoms with van der Waals surface area (Å²) in [5.41, 5.74) is 6.21. The highest BCUT2D eigenvalue weighted by Gasteiger charge is 2.28. The molecule has 3 amide bonds. The number of primary amides is 1. The average Bonchev–Trinajstić information content (AvgIpc) is 2.64. The van der Waals surface area contributed by atoms with Crippen molar-refractivity contribution in [1.29, 1.82) is 0 Å². The van der Waals surface area contributed by atoms with E-state index in [0.717, 1.165) is 12.0 Å². The van der Waals surface area contributed by atoms with Crippen LogP contribution >= 0.6 is 0 Å². The van der Waals surface area contributed by atoms with Crippen molar-refractivity contribution in [2.75, 3.05) is 0 Å². The second-order valence-corrected chi connectivity index (χ2v) is 6.61. The van der Waals surface area contributed by atoms with Gasteiger partial charge in [-0.05, 0) is 30.7 Å². The van der Waals surface area contributed by atoms with Gasteiger partial charge in [0.1, 0.15) is 18.7 Å². The maximum atomic E-state index is 12.5. The number of nitrogens with one attached hydrogen (secondary N) is 2. The van der Waals surface area contributed by atoms with E-state index in [4.69, 9.17) is 10.5 Å². The molecular weight excluding hydrogens is 346 g/mol. The van der Waals surface area contributed by atoms with E-state index in [2.05, 4.69) is 17.2 Å². The predicted molar refractivity (Wildman–Crippen MR) is 104 cm³/mol. The van der Waals surface area contributed by atoms with Crippen LogP contribution in [0.25, 0.3) is 0 Å². The molecule has 7 nitrogen and oxygen atoms in total. The molecule has 0 radical (unpaired) electrons. The second kappa shape index (κ2) is 11.7. The number of carbonyl (C=O) groups excluding carboxylic acids is 3. The van der Waals surface area contributed by atoms with E-state index in [0.29, 0.717) is 12.8 Å². The van der Waals surface area contributed by atoms with Crippen molar-refractivity contribution in [3.8, 4) is 0 Å². The lowest BCUT2D eigenvalue weighted by Gasteiger charge is -2.24. The Morgan fingerprint density at radius 1 is 1.19 bits per heavy atom. The van der Waals surface area contributed by atoms with E-state index in [-0.39, 0.29) is 12.5 Å². The maximum absolute atomic E-state index is 12.5. The molecule has 148 valence electrons. The quantitative estimate of drug-likeness (QED) is 0.407. The van der Waals surface area contributed by atoms with Gasteiger partial charge in [-0.15, -0.1) is 6.58 Å². The molecular formula is C20H29N3O4. The maximum Gasteiger partial charge on any atom is 0.408 e. The molecule has 0 fully saturated rings. The van der Waals surface area contributed by atoms with Crippen molar-refractivity contribution >= 4 is 17.9 Å². The Balaban J connectivity index is 2.61. The molecule has 1 aromatic carbocycles. The fraction of sp³-hybridized carbons (Fsp3) is 0.450. The zero-order valence-corrected chi connectivity index (χ0v) is 15.9. The molecule has 0 bridgehead atoms. The molecule has 0 unspecified atom stereocenters. The van der Waals surface area contributed by atoms with Crippen molar-refractivity contribution in [1.82, 2.24) is 10.6 Å². The number of unbranched alkanes of at least 4 members (excludes halogenated alkanes) is 1. The van der Waals surface area contributed by atoms with Crippen molar-refractivity contribution in [3.05, 3.63) is 48.6 Å². The number of carbonyl (C=O) groups is 3. The van der Waals surface area contributed by atoms with Gasteiger partial charge >= 0.3 is 6.09 Å². The number of ether oxygens (including phenoxy) is 1. The summed E-state index contributed by atoms with van der Waals surface area (Å²) >= 11 is 0. The molecule has 4 N–H and O–H groups in total. The Bertz CT molecular complexity index is 631. The van der Waals surface area contributed by atoms with E-state index in [1.807, 2.05) is 30.3 Å². The number of hydrogen-bond acceptors (Lipinski definition) is 4. The summed E-state index contributed by atoms with van der Waals surface area (Å²) < 4.78 is 5.16. The highest BCUT2D eigenvalue weighted by Crippen LogP contribution is 2.07. The third-order valence-corrected chi connectivity index (χ3v) is 4.00. The summed E-state index contributed by atoms with van der Waals surface area (Å²) in [6, 6.07) is 7.60. The highest BCUT2D eigenvalue weighted by atomic mass is 16.5. The number of alkyl carbamates (subject to hydrolysis) is 1. The van der Waals surface area contributed by atoms with Crippen molar-refractivity contribution in [3.63, 3.8) is 0 Å². The van der Waals surface area contributed by atoms with Crippen LogP contribution in [0.15, 0.2) is 43.0 Å². The first-order valence-electron chi connectivity index (χ1n) is 9.03. The van der Waals surface area contributed by atoms with Gasteiger partial charge in [-0.3, -0.25) is 9.59 Å². The van der Waals surface area contributed by atoms with Crippen LogP contribution in [0, 0.1) is 5.92 Å². The molecule has 2 atom stereocenters. The minimum absolute atomic E-state index is 0.102. The number of amides is 3. The molecule has 0 spiro atoms. The number of rotatable bonds is 11. The van der Waals surface area contributed by atoms with Gasteiger partial charge < -0.3 is 21.1 Å². The summed E-state index contributed by atoms with van der Waals surface area (Å²) in [6.07, 6.45) is 2.85. The fourth-order valence-electron chi connectivity index (χ4n) is 2.44. The van der Waals surface area contributed by atoms with Crippen LogP contribution in [-0.2, 0) is 20.9 Å². The Morgan fingerprint density at radius 3 is 2.41 bits per heavy atom. The van der Waals surface area contributed by atoms with Crippen LogP contribution in [0.1, 0.15) is 38.7 Å². The smallest absolute Gasteiger partial charge is 0.408 e. The molecule has 1 rings (SSSR count). The molecule has 0 aromatic heterocycles. The van der Waals surface area contributed by atoms with E-state index in [1.54, 1.807) is 19.9 Å². The third-order valence-electron chi connectivity index (χ3n) is 4.00. The van der Waals surface area contributed by atoms with Crippen LogP contribution in [0.2, 0.25) is 0 Å². The molecule has 0 aliphatic carbocycles.